The first kappa shape index (κ1) is 26.2. The van der Waals surface area contributed by atoms with Crippen LogP contribution in [-0.4, -0.2) is 81.5 Å². The Morgan fingerprint density at radius 2 is 1.27 bits per heavy atom. The molecule has 0 saturated carbocycles. The maximum absolute atomic E-state index is 12.4. The van der Waals surface area contributed by atoms with Gasteiger partial charge in [-0.1, -0.05) is 0 Å². The van der Waals surface area contributed by atoms with Crippen LogP contribution >= 0.6 is 0 Å². The molecule has 0 aromatic heterocycles. The highest BCUT2D eigenvalue weighted by atomic mass is 16.4. The quantitative estimate of drug-likeness (QED) is 0.130. The number of carboxylic acid groups (broad SMARTS) is 3. The van der Waals surface area contributed by atoms with E-state index >= 15 is 0 Å². The summed E-state index contributed by atoms with van der Waals surface area (Å²) >= 11 is 0. The molecule has 0 spiro atoms. The van der Waals surface area contributed by atoms with Gasteiger partial charge in [-0.2, -0.15) is 0 Å². The molecule has 0 aliphatic carbocycles. The Morgan fingerprint density at radius 3 is 1.70 bits per heavy atom. The van der Waals surface area contributed by atoms with E-state index in [1.807, 2.05) is 5.32 Å². The van der Waals surface area contributed by atoms with Gasteiger partial charge in [-0.15, -0.1) is 0 Å². The topological polar surface area (TPSA) is 268 Å². The molecule has 15 nitrogen and oxygen atoms in total. The molecule has 0 heterocycles. The van der Waals surface area contributed by atoms with Gasteiger partial charge in [0.05, 0.1) is 19.4 Å². The summed E-state index contributed by atoms with van der Waals surface area (Å²) in [7, 11) is 0. The van der Waals surface area contributed by atoms with E-state index in [1.54, 1.807) is 0 Å². The van der Waals surface area contributed by atoms with E-state index in [1.165, 1.54) is 0 Å². The van der Waals surface area contributed by atoms with Gasteiger partial charge in [-0.25, -0.2) is 4.79 Å². The Hall–Kier alpha value is -3.75. The number of rotatable bonds is 14. The summed E-state index contributed by atoms with van der Waals surface area (Å²) < 4.78 is 0. The van der Waals surface area contributed by atoms with Crippen molar-refractivity contribution in [1.82, 2.24) is 16.0 Å². The van der Waals surface area contributed by atoms with Gasteiger partial charge in [0.1, 0.15) is 18.1 Å². The van der Waals surface area contributed by atoms with Crippen LogP contribution in [0.1, 0.15) is 25.7 Å². The highest BCUT2D eigenvalue weighted by Gasteiger charge is 2.31. The maximum Gasteiger partial charge on any atom is 0.326 e. The van der Waals surface area contributed by atoms with Gasteiger partial charge >= 0.3 is 17.9 Å². The predicted molar refractivity (Wildman–Crippen MR) is 95.4 cm³/mol. The van der Waals surface area contributed by atoms with E-state index in [0.717, 1.165) is 0 Å². The molecular weight excluding hydrogens is 410 g/mol. The zero-order chi connectivity index (χ0) is 23.4. The first-order valence-corrected chi connectivity index (χ1v) is 8.42. The van der Waals surface area contributed by atoms with Crippen LogP contribution in [0.5, 0.6) is 0 Å². The number of nitrogens with one attached hydrogen (secondary N) is 3. The third-order valence-corrected chi connectivity index (χ3v) is 3.52. The molecule has 0 aliphatic rings. The number of nitrogens with two attached hydrogens (primary N) is 2. The second-order valence-corrected chi connectivity index (χ2v) is 5.99. The second-order valence-electron chi connectivity index (χ2n) is 5.99. The van der Waals surface area contributed by atoms with Crippen molar-refractivity contribution in [2.24, 2.45) is 11.5 Å². The van der Waals surface area contributed by atoms with Gasteiger partial charge in [0.2, 0.25) is 23.6 Å². The normalized spacial score (nSPS) is 13.2. The van der Waals surface area contributed by atoms with E-state index in [-0.39, 0.29) is 0 Å². The Balaban J connectivity index is 5.48. The maximum atomic E-state index is 12.4. The Kier molecular flexibility index (Phi) is 11.1. The monoisotopic (exact) mass is 433 g/mol. The predicted octanol–water partition coefficient (Wildman–Crippen LogP) is -4.30. The number of hydrogen-bond acceptors (Lipinski definition) is 8. The lowest BCUT2D eigenvalue weighted by molar-refractivity contribution is -0.147. The number of aliphatic carboxylic acids is 3. The standard InChI is InChI=1S/C15H23N5O10/c16-5-10(22)18-7(3-9(17)21)14(28)19-6(1-2-11(23)24)13(27)20-8(15(29)30)4-12(25)26/h6-8H,1-5,16H2,(H2,17,21)(H,18,22)(H,19,28)(H,20,27)(H,23,24)(H,25,26)(H,29,30). The van der Waals surface area contributed by atoms with Gasteiger partial charge in [0.25, 0.3) is 0 Å². The molecule has 4 amide bonds. The minimum Gasteiger partial charge on any atom is -0.481 e. The molecule has 3 atom stereocenters. The first-order chi connectivity index (χ1) is 13.9. The van der Waals surface area contributed by atoms with Crippen molar-refractivity contribution in [3.05, 3.63) is 0 Å². The van der Waals surface area contributed by atoms with Crippen LogP contribution in [-0.2, 0) is 33.6 Å². The summed E-state index contributed by atoms with van der Waals surface area (Å²) in [5.74, 6) is -8.61. The molecule has 0 saturated heterocycles. The lowest BCUT2D eigenvalue weighted by Gasteiger charge is -2.23. The molecule has 30 heavy (non-hydrogen) atoms. The number of carbonyl (C=O) groups excluding carboxylic acids is 4. The van der Waals surface area contributed by atoms with Gasteiger partial charge in [0, 0.05) is 6.42 Å². The van der Waals surface area contributed by atoms with Gasteiger partial charge in [0.15, 0.2) is 0 Å². The lowest BCUT2D eigenvalue weighted by Crippen LogP contribution is -2.57. The van der Waals surface area contributed by atoms with Crippen LogP contribution in [0.4, 0.5) is 0 Å². The van der Waals surface area contributed by atoms with Crippen molar-refractivity contribution >= 4 is 41.5 Å². The molecule has 168 valence electrons. The fraction of sp³-hybridized carbons (Fsp3) is 0.533. The smallest absolute Gasteiger partial charge is 0.326 e. The number of carbonyl (C=O) groups is 7. The van der Waals surface area contributed by atoms with Gasteiger partial charge in [-0.05, 0) is 6.42 Å². The van der Waals surface area contributed by atoms with Crippen molar-refractivity contribution in [1.29, 1.82) is 0 Å². The molecule has 0 aliphatic heterocycles. The van der Waals surface area contributed by atoms with Crippen LogP contribution in [0, 0.1) is 0 Å². The Bertz CT molecular complexity index is 710. The summed E-state index contributed by atoms with van der Waals surface area (Å²) in [5.41, 5.74) is 10.1. The molecule has 0 radical (unpaired) electrons. The molecular formula is C15H23N5O10. The lowest BCUT2D eigenvalue weighted by atomic mass is 10.1. The van der Waals surface area contributed by atoms with Crippen molar-refractivity contribution in [2.75, 3.05) is 6.54 Å². The molecule has 3 unspecified atom stereocenters. The van der Waals surface area contributed by atoms with E-state index < -0.39 is 91.9 Å². The van der Waals surface area contributed by atoms with Crippen LogP contribution < -0.4 is 27.4 Å². The molecule has 0 fully saturated rings. The second kappa shape index (κ2) is 12.7. The average Bonchev–Trinajstić information content (AvgIpc) is 2.62. The summed E-state index contributed by atoms with van der Waals surface area (Å²) in [6, 6.07) is -5.00. The van der Waals surface area contributed by atoms with E-state index in [9.17, 15) is 33.6 Å². The van der Waals surface area contributed by atoms with Gasteiger partial charge < -0.3 is 42.7 Å². The SMILES string of the molecule is NCC(=O)NC(CC(N)=O)C(=O)NC(CCC(=O)O)C(=O)NC(CC(=O)O)C(=O)O. The average molecular weight is 433 g/mol. The fourth-order valence-electron chi connectivity index (χ4n) is 2.12. The Labute approximate surface area is 169 Å². The number of primary amides is 1. The van der Waals surface area contributed by atoms with Crippen LogP contribution in [0.2, 0.25) is 0 Å². The van der Waals surface area contributed by atoms with Crippen LogP contribution in [0.15, 0.2) is 0 Å². The molecule has 15 heteroatoms. The third kappa shape index (κ3) is 10.5. The summed E-state index contributed by atoms with van der Waals surface area (Å²) in [5, 5.41) is 32.6. The van der Waals surface area contributed by atoms with Crippen molar-refractivity contribution in [3.63, 3.8) is 0 Å². The molecule has 0 bridgehead atoms. The first-order valence-electron chi connectivity index (χ1n) is 8.42. The van der Waals surface area contributed by atoms with Gasteiger partial charge in [-0.3, -0.25) is 28.8 Å². The summed E-state index contributed by atoms with van der Waals surface area (Å²) in [4.78, 5) is 79.9. The van der Waals surface area contributed by atoms with Crippen molar-refractivity contribution in [3.8, 4) is 0 Å². The highest BCUT2D eigenvalue weighted by Crippen LogP contribution is 2.03. The zero-order valence-electron chi connectivity index (χ0n) is 15.6. The largest absolute Gasteiger partial charge is 0.481 e. The van der Waals surface area contributed by atoms with Crippen molar-refractivity contribution in [2.45, 2.75) is 43.8 Å². The van der Waals surface area contributed by atoms with E-state index in [2.05, 4.69) is 10.6 Å². The number of carboxylic acids is 3. The van der Waals surface area contributed by atoms with E-state index in [4.69, 9.17) is 26.8 Å². The minimum absolute atomic E-state index is 0.500. The highest BCUT2D eigenvalue weighted by molar-refractivity contribution is 5.96. The molecule has 10 N–H and O–H groups in total. The Morgan fingerprint density at radius 1 is 0.733 bits per heavy atom. The third-order valence-electron chi connectivity index (χ3n) is 3.52. The van der Waals surface area contributed by atoms with Crippen molar-refractivity contribution < 1.29 is 48.9 Å². The van der Waals surface area contributed by atoms with E-state index in [0.29, 0.717) is 0 Å². The number of amides is 4. The summed E-state index contributed by atoms with van der Waals surface area (Å²) in [6.07, 6.45) is -2.76. The minimum atomic E-state index is -1.85. The fourth-order valence-corrected chi connectivity index (χ4v) is 2.12. The number of hydrogen-bond donors (Lipinski definition) is 8. The molecule has 0 aromatic carbocycles. The van der Waals surface area contributed by atoms with Crippen LogP contribution in [0.25, 0.3) is 0 Å². The zero-order valence-corrected chi connectivity index (χ0v) is 15.6. The molecule has 0 rings (SSSR count). The molecule has 0 aromatic rings. The van der Waals surface area contributed by atoms with Crippen LogP contribution in [0.3, 0.4) is 0 Å². The summed E-state index contributed by atoms with van der Waals surface area (Å²) in [6.45, 7) is -0.527.